The van der Waals surface area contributed by atoms with Crippen molar-refractivity contribution in [3.63, 3.8) is 0 Å². The summed E-state index contributed by atoms with van der Waals surface area (Å²) in [5, 5.41) is 15.9. The first kappa shape index (κ1) is 23.4. The van der Waals surface area contributed by atoms with Crippen molar-refractivity contribution in [1.82, 2.24) is 25.3 Å². The van der Waals surface area contributed by atoms with E-state index in [1.54, 1.807) is 0 Å². The number of pyridine rings is 1. The largest absolute Gasteiger partial charge is 0.417 e. The van der Waals surface area contributed by atoms with E-state index in [0.717, 1.165) is 31.5 Å². The van der Waals surface area contributed by atoms with Gasteiger partial charge in [0, 0.05) is 42.5 Å². The van der Waals surface area contributed by atoms with E-state index >= 15 is 0 Å². The molecule has 1 saturated carbocycles. The molecule has 0 bridgehead atoms. The Kier molecular flexibility index (Phi) is 6.65. The highest BCUT2D eigenvalue weighted by atomic mass is 19.4. The lowest BCUT2D eigenvalue weighted by Crippen LogP contribution is -2.43. The van der Waals surface area contributed by atoms with Crippen molar-refractivity contribution >= 4 is 22.9 Å². The van der Waals surface area contributed by atoms with Gasteiger partial charge in [0.05, 0.1) is 23.0 Å². The fourth-order valence-corrected chi connectivity index (χ4v) is 4.13. The lowest BCUT2D eigenvalue weighted by molar-refractivity contribution is -0.137. The molecule has 0 radical (unpaired) electrons. The van der Waals surface area contributed by atoms with Gasteiger partial charge < -0.3 is 20.4 Å². The highest BCUT2D eigenvalue weighted by Gasteiger charge is 2.32. The Balaban J connectivity index is 1.60. The number of carbonyl (C=O) groups excluding carboxylic acids is 1. The third-order valence-corrected chi connectivity index (χ3v) is 5.67. The number of nitriles is 1. The van der Waals surface area contributed by atoms with Crippen molar-refractivity contribution in [1.29, 1.82) is 5.26 Å². The van der Waals surface area contributed by atoms with Crippen molar-refractivity contribution in [2.45, 2.75) is 43.9 Å². The number of amides is 1. The number of methoxy groups -OCH3 is 1. The van der Waals surface area contributed by atoms with Gasteiger partial charge in [0.1, 0.15) is 18.3 Å². The van der Waals surface area contributed by atoms with E-state index in [-0.39, 0.29) is 52.8 Å². The molecule has 2 atom stereocenters. The minimum Gasteiger partial charge on any atom is -0.375 e. The SMILES string of the molecule is COCC(=O)N[C@@H]1CCC[C@@H](Nc2ncc(C#N)c(-c3c[nH]c4ncc(C(F)(F)F)cc34)n2)C1. The number of carbonyl (C=O) groups is 1. The van der Waals surface area contributed by atoms with Crippen LogP contribution < -0.4 is 10.6 Å². The molecule has 4 rings (SSSR count). The molecule has 1 fully saturated rings. The molecule has 178 valence electrons. The number of nitrogens with one attached hydrogen (secondary N) is 3. The van der Waals surface area contributed by atoms with E-state index in [1.807, 2.05) is 6.07 Å². The predicted molar refractivity (Wildman–Crippen MR) is 117 cm³/mol. The highest BCUT2D eigenvalue weighted by Crippen LogP contribution is 2.35. The number of H-pyrrole nitrogens is 1. The second-order valence-corrected chi connectivity index (χ2v) is 8.09. The van der Waals surface area contributed by atoms with Gasteiger partial charge in [-0.3, -0.25) is 4.79 Å². The molecule has 3 aromatic heterocycles. The fraction of sp³-hybridized carbons (Fsp3) is 0.409. The number of nitrogens with zero attached hydrogens (tertiary/aromatic N) is 4. The number of ether oxygens (including phenoxy) is 1. The lowest BCUT2D eigenvalue weighted by Gasteiger charge is -2.30. The number of halogens is 3. The number of rotatable bonds is 6. The van der Waals surface area contributed by atoms with Gasteiger partial charge >= 0.3 is 6.18 Å². The van der Waals surface area contributed by atoms with Crippen molar-refractivity contribution in [3.05, 3.63) is 35.8 Å². The first-order valence-electron chi connectivity index (χ1n) is 10.6. The molecule has 0 aromatic carbocycles. The number of fused-ring (bicyclic) bond motifs is 1. The molecule has 1 amide bonds. The number of aromatic amines is 1. The first-order chi connectivity index (χ1) is 16.3. The van der Waals surface area contributed by atoms with Crippen LogP contribution in [0, 0.1) is 11.3 Å². The smallest absolute Gasteiger partial charge is 0.375 e. The average molecular weight is 473 g/mol. The van der Waals surface area contributed by atoms with E-state index < -0.39 is 11.7 Å². The van der Waals surface area contributed by atoms with Crippen molar-refractivity contribution in [3.8, 4) is 17.3 Å². The maximum Gasteiger partial charge on any atom is 0.417 e. The maximum absolute atomic E-state index is 13.2. The molecule has 0 spiro atoms. The highest BCUT2D eigenvalue weighted by molar-refractivity contribution is 5.94. The number of alkyl halides is 3. The molecule has 0 unspecified atom stereocenters. The molecule has 12 heteroatoms. The molecule has 1 aliphatic rings. The van der Waals surface area contributed by atoms with Crippen LogP contribution in [0.15, 0.2) is 24.7 Å². The molecule has 3 N–H and O–H groups in total. The topological polar surface area (TPSA) is 129 Å². The van der Waals surface area contributed by atoms with Gasteiger partial charge in [-0.05, 0) is 31.7 Å². The van der Waals surface area contributed by atoms with Gasteiger partial charge in [-0.15, -0.1) is 0 Å². The summed E-state index contributed by atoms with van der Waals surface area (Å²) in [4.78, 5) is 27.2. The molecular weight excluding hydrogens is 451 g/mol. The number of hydrogen-bond donors (Lipinski definition) is 3. The molecule has 1 aliphatic carbocycles. The molecule has 0 aliphatic heterocycles. The summed E-state index contributed by atoms with van der Waals surface area (Å²) in [6.45, 7) is -0.00772. The van der Waals surface area contributed by atoms with Gasteiger partial charge in [-0.25, -0.2) is 15.0 Å². The number of hydrogen-bond acceptors (Lipinski definition) is 7. The first-order valence-corrected chi connectivity index (χ1v) is 10.6. The van der Waals surface area contributed by atoms with E-state index in [4.69, 9.17) is 4.74 Å². The molecule has 34 heavy (non-hydrogen) atoms. The summed E-state index contributed by atoms with van der Waals surface area (Å²) in [6.07, 6.45) is 2.23. The summed E-state index contributed by atoms with van der Waals surface area (Å²) in [5.41, 5.74) is 0.00626. The molecule has 9 nitrogen and oxygen atoms in total. The van der Waals surface area contributed by atoms with Crippen LogP contribution in [0.2, 0.25) is 0 Å². The van der Waals surface area contributed by atoms with E-state index in [0.29, 0.717) is 12.0 Å². The second kappa shape index (κ2) is 9.64. The third kappa shape index (κ3) is 5.09. The zero-order chi connectivity index (χ0) is 24.3. The van der Waals surface area contributed by atoms with E-state index in [1.165, 1.54) is 19.5 Å². The lowest BCUT2D eigenvalue weighted by atomic mass is 9.91. The van der Waals surface area contributed by atoms with Crippen molar-refractivity contribution in [2.24, 2.45) is 0 Å². The minimum atomic E-state index is -4.55. The Bertz CT molecular complexity index is 1240. The Hall–Kier alpha value is -3.72. The van der Waals surface area contributed by atoms with Gasteiger partial charge in [-0.1, -0.05) is 0 Å². The van der Waals surface area contributed by atoms with Gasteiger partial charge in [0.25, 0.3) is 0 Å². The van der Waals surface area contributed by atoms with Crippen LogP contribution in [0.5, 0.6) is 0 Å². The van der Waals surface area contributed by atoms with Gasteiger partial charge in [-0.2, -0.15) is 18.4 Å². The van der Waals surface area contributed by atoms with Crippen LogP contribution in [0.4, 0.5) is 19.1 Å². The summed E-state index contributed by atoms with van der Waals surface area (Å²) in [7, 11) is 1.46. The Labute approximate surface area is 192 Å². The Morgan fingerprint density at radius 2 is 2.09 bits per heavy atom. The predicted octanol–water partition coefficient (Wildman–Crippen LogP) is 3.40. The van der Waals surface area contributed by atoms with Gasteiger partial charge in [0.2, 0.25) is 11.9 Å². The molecular formula is C22H22F3N7O2. The zero-order valence-corrected chi connectivity index (χ0v) is 18.2. The standard InChI is InChI=1S/C22H22F3N7O2/c1-34-11-18(33)30-14-3-2-4-15(6-14)31-21-29-8-12(7-26)19(32-21)17-10-28-20-16(17)5-13(9-27-20)22(23,24)25/h5,8-10,14-15H,2-4,6,11H2,1H3,(H,27,28)(H,30,33)(H,29,31,32)/t14-,15-/m1/s1. The number of aromatic nitrogens is 4. The molecule has 3 aromatic rings. The quantitative estimate of drug-likeness (QED) is 0.501. The minimum absolute atomic E-state index is 0.00772. The molecule has 0 saturated heterocycles. The van der Waals surface area contributed by atoms with Crippen LogP contribution in [-0.2, 0) is 15.7 Å². The normalized spacial score (nSPS) is 18.4. The summed E-state index contributed by atoms with van der Waals surface area (Å²) in [6, 6.07) is 2.94. The van der Waals surface area contributed by atoms with Crippen LogP contribution in [0.3, 0.4) is 0 Å². The van der Waals surface area contributed by atoms with Crippen molar-refractivity contribution < 1.29 is 22.7 Å². The van der Waals surface area contributed by atoms with E-state index in [9.17, 15) is 23.2 Å². The average Bonchev–Trinajstić information content (AvgIpc) is 3.22. The maximum atomic E-state index is 13.2. The van der Waals surface area contributed by atoms with Crippen molar-refractivity contribution in [2.75, 3.05) is 19.0 Å². The van der Waals surface area contributed by atoms with E-state index in [2.05, 4.69) is 30.6 Å². The Morgan fingerprint density at radius 3 is 2.82 bits per heavy atom. The second-order valence-electron chi connectivity index (χ2n) is 8.09. The number of anilines is 1. The monoisotopic (exact) mass is 473 g/mol. The van der Waals surface area contributed by atoms with Crippen LogP contribution in [-0.4, -0.2) is 51.6 Å². The van der Waals surface area contributed by atoms with Crippen LogP contribution in [0.25, 0.3) is 22.3 Å². The van der Waals surface area contributed by atoms with Crippen LogP contribution in [0.1, 0.15) is 36.8 Å². The Morgan fingerprint density at radius 1 is 1.29 bits per heavy atom. The molecule has 3 heterocycles. The summed E-state index contributed by atoms with van der Waals surface area (Å²) >= 11 is 0. The van der Waals surface area contributed by atoms with Gasteiger partial charge in [0.15, 0.2) is 0 Å². The fourth-order valence-electron chi connectivity index (χ4n) is 4.13. The zero-order valence-electron chi connectivity index (χ0n) is 18.2. The summed E-state index contributed by atoms with van der Waals surface area (Å²) < 4.78 is 44.5. The van der Waals surface area contributed by atoms with Crippen LogP contribution >= 0.6 is 0 Å². The third-order valence-electron chi connectivity index (χ3n) is 5.67. The summed E-state index contributed by atoms with van der Waals surface area (Å²) in [5.74, 6) is 0.0633.